The Morgan fingerprint density at radius 2 is 1.82 bits per heavy atom. The van der Waals surface area contributed by atoms with Gasteiger partial charge in [0, 0.05) is 37.9 Å². The molecule has 0 radical (unpaired) electrons. The molecule has 0 unspecified atom stereocenters. The zero-order valence-electron chi connectivity index (χ0n) is 18.2. The van der Waals surface area contributed by atoms with Crippen LogP contribution in [0.5, 0.6) is 5.88 Å². The Bertz CT molecular complexity index is 1200. The highest BCUT2D eigenvalue weighted by Gasteiger charge is 2.42. The molecule has 2 aromatic heterocycles. The van der Waals surface area contributed by atoms with Gasteiger partial charge >= 0.3 is 6.18 Å². The van der Waals surface area contributed by atoms with Crippen molar-refractivity contribution in [2.75, 3.05) is 38.2 Å². The van der Waals surface area contributed by atoms with E-state index in [-0.39, 0.29) is 18.2 Å². The molecule has 0 aliphatic carbocycles. The van der Waals surface area contributed by atoms with Gasteiger partial charge in [0.2, 0.25) is 5.88 Å². The third kappa shape index (κ3) is 4.63. The monoisotopic (exact) mass is 471 g/mol. The minimum atomic E-state index is -4.84. The Morgan fingerprint density at radius 3 is 2.44 bits per heavy atom. The van der Waals surface area contributed by atoms with E-state index in [0.29, 0.717) is 36.3 Å². The van der Waals surface area contributed by atoms with Gasteiger partial charge in [-0.2, -0.15) is 23.5 Å². The normalized spacial score (nSPS) is 14.4. The Labute approximate surface area is 193 Å². The summed E-state index contributed by atoms with van der Waals surface area (Å²) in [6.07, 6.45) is -3.35. The van der Waals surface area contributed by atoms with Gasteiger partial charge in [-0.25, -0.2) is 4.68 Å². The molecule has 9 nitrogen and oxygen atoms in total. The number of ether oxygens (including phenoxy) is 1. The van der Waals surface area contributed by atoms with Gasteiger partial charge in [0.15, 0.2) is 11.5 Å². The lowest BCUT2D eigenvalue weighted by atomic mass is 10.2. The van der Waals surface area contributed by atoms with Crippen LogP contribution in [0.2, 0.25) is 0 Å². The van der Waals surface area contributed by atoms with Crippen LogP contribution < -0.4 is 9.64 Å². The van der Waals surface area contributed by atoms with Crippen molar-refractivity contribution in [3.8, 4) is 17.8 Å². The molecule has 4 rings (SSSR count). The molecule has 0 saturated carbocycles. The first kappa shape index (κ1) is 23.0. The van der Waals surface area contributed by atoms with E-state index < -0.39 is 23.3 Å². The second-order valence-electron chi connectivity index (χ2n) is 7.54. The van der Waals surface area contributed by atoms with Crippen molar-refractivity contribution in [3.05, 3.63) is 59.4 Å². The first-order valence-corrected chi connectivity index (χ1v) is 10.4. The molecule has 1 saturated heterocycles. The quantitative estimate of drug-likeness (QED) is 0.577. The van der Waals surface area contributed by atoms with Gasteiger partial charge in [-0.15, -0.1) is 10.2 Å². The molecular formula is C22H20F3N7O2. The molecule has 12 heteroatoms. The summed E-state index contributed by atoms with van der Waals surface area (Å²) in [6, 6.07) is 11.7. The molecule has 1 amide bonds. The minimum absolute atomic E-state index is 0.136. The molecule has 0 atom stereocenters. The van der Waals surface area contributed by atoms with E-state index in [1.165, 1.54) is 24.1 Å². The van der Waals surface area contributed by atoms with Crippen molar-refractivity contribution < 1.29 is 22.7 Å². The summed E-state index contributed by atoms with van der Waals surface area (Å²) in [5.74, 6) is -0.797. The number of carbonyl (C=O) groups is 1. The number of hydrogen-bond acceptors (Lipinski definition) is 7. The number of alkyl halides is 3. The average Bonchev–Trinajstić information content (AvgIpc) is 3.16. The number of amides is 1. The van der Waals surface area contributed by atoms with Crippen molar-refractivity contribution in [1.82, 2.24) is 24.9 Å². The number of benzene rings is 1. The van der Waals surface area contributed by atoms with Gasteiger partial charge in [0.1, 0.15) is 0 Å². The summed E-state index contributed by atoms with van der Waals surface area (Å²) < 4.78 is 47.4. The maximum Gasteiger partial charge on any atom is 0.434 e. The van der Waals surface area contributed by atoms with E-state index in [2.05, 4.69) is 21.4 Å². The number of rotatable bonds is 4. The Kier molecular flexibility index (Phi) is 6.36. The van der Waals surface area contributed by atoms with Gasteiger partial charge in [-0.05, 0) is 36.8 Å². The minimum Gasteiger partial charge on any atom is -0.480 e. The molecule has 1 fully saturated rings. The second kappa shape index (κ2) is 9.38. The fourth-order valence-corrected chi connectivity index (χ4v) is 3.78. The van der Waals surface area contributed by atoms with Crippen molar-refractivity contribution in [3.63, 3.8) is 0 Å². The summed E-state index contributed by atoms with van der Waals surface area (Å²) in [5, 5.41) is 20.2. The predicted molar refractivity (Wildman–Crippen MR) is 115 cm³/mol. The van der Waals surface area contributed by atoms with Crippen LogP contribution in [0.4, 0.5) is 18.9 Å². The summed E-state index contributed by atoms with van der Waals surface area (Å²) in [4.78, 5) is 16.6. The third-order valence-electron chi connectivity index (χ3n) is 5.46. The second-order valence-corrected chi connectivity index (χ2v) is 7.54. The molecule has 1 aliphatic rings. The molecular weight excluding hydrogens is 451 g/mol. The van der Waals surface area contributed by atoms with Crippen LogP contribution in [-0.2, 0) is 6.18 Å². The van der Waals surface area contributed by atoms with E-state index in [1.54, 1.807) is 12.1 Å². The maximum absolute atomic E-state index is 14.0. The van der Waals surface area contributed by atoms with E-state index in [0.717, 1.165) is 11.9 Å². The Morgan fingerprint density at radius 1 is 1.06 bits per heavy atom. The molecule has 0 N–H and O–H groups in total. The first-order valence-electron chi connectivity index (χ1n) is 10.4. The first-order chi connectivity index (χ1) is 16.3. The lowest BCUT2D eigenvalue weighted by Crippen LogP contribution is -2.36. The van der Waals surface area contributed by atoms with Crippen molar-refractivity contribution >= 4 is 11.6 Å². The highest BCUT2D eigenvalue weighted by atomic mass is 19.4. The maximum atomic E-state index is 14.0. The number of methoxy groups -OCH3 is 1. The SMILES string of the molecule is COc1ccc(-n2ncc(C(=O)N3CCCN(c4ccc(C#N)cc4)CC3)c2C(F)(F)F)nn1. The molecule has 34 heavy (non-hydrogen) atoms. The Balaban J connectivity index is 1.57. The zero-order valence-corrected chi connectivity index (χ0v) is 18.2. The topological polar surface area (TPSA) is 100 Å². The highest BCUT2D eigenvalue weighted by molar-refractivity contribution is 5.95. The smallest absolute Gasteiger partial charge is 0.434 e. The fourth-order valence-electron chi connectivity index (χ4n) is 3.78. The summed E-state index contributed by atoms with van der Waals surface area (Å²) in [6.45, 7) is 1.61. The predicted octanol–water partition coefficient (Wildman–Crippen LogP) is 2.91. The lowest BCUT2D eigenvalue weighted by Gasteiger charge is -2.24. The van der Waals surface area contributed by atoms with Gasteiger partial charge in [-0.1, -0.05) is 0 Å². The molecule has 1 aliphatic heterocycles. The van der Waals surface area contributed by atoms with Crippen molar-refractivity contribution in [2.45, 2.75) is 12.6 Å². The van der Waals surface area contributed by atoms with Crippen LogP contribution in [0.1, 0.15) is 28.0 Å². The van der Waals surface area contributed by atoms with Gasteiger partial charge in [0.25, 0.3) is 5.91 Å². The lowest BCUT2D eigenvalue weighted by molar-refractivity contribution is -0.143. The van der Waals surface area contributed by atoms with Crippen LogP contribution in [0.3, 0.4) is 0 Å². The van der Waals surface area contributed by atoms with Crippen molar-refractivity contribution in [1.29, 1.82) is 5.26 Å². The highest BCUT2D eigenvalue weighted by Crippen LogP contribution is 2.34. The van der Waals surface area contributed by atoms with Crippen LogP contribution in [-0.4, -0.2) is 64.1 Å². The number of nitrogens with zero attached hydrogens (tertiary/aromatic N) is 7. The van der Waals surface area contributed by atoms with Crippen LogP contribution >= 0.6 is 0 Å². The van der Waals surface area contributed by atoms with Gasteiger partial charge < -0.3 is 14.5 Å². The van der Waals surface area contributed by atoms with E-state index >= 15 is 0 Å². The number of halogens is 3. The van der Waals surface area contributed by atoms with Crippen LogP contribution in [0.25, 0.3) is 5.82 Å². The Hall–Kier alpha value is -4.14. The largest absolute Gasteiger partial charge is 0.480 e. The molecule has 3 heterocycles. The zero-order chi connectivity index (χ0) is 24.3. The molecule has 3 aromatic rings. The van der Waals surface area contributed by atoms with Crippen molar-refractivity contribution in [2.24, 2.45) is 0 Å². The van der Waals surface area contributed by atoms with Crippen LogP contribution in [0, 0.1) is 11.3 Å². The number of anilines is 1. The average molecular weight is 471 g/mol. The standard InChI is InChI=1S/C22H20F3N7O2/c1-34-19-8-7-18(28-29-19)32-20(22(23,24)25)17(14-27-32)21(33)31-10-2-9-30(11-12-31)16-5-3-15(13-26)4-6-16/h3-8,14H,2,9-12H2,1H3. The number of carbonyl (C=O) groups excluding carboxylic acids is 1. The number of hydrogen-bond donors (Lipinski definition) is 0. The van der Waals surface area contributed by atoms with Crippen LogP contribution in [0.15, 0.2) is 42.6 Å². The molecule has 0 spiro atoms. The summed E-state index contributed by atoms with van der Waals surface area (Å²) in [7, 11) is 1.36. The molecule has 0 bridgehead atoms. The van der Waals surface area contributed by atoms with E-state index in [1.807, 2.05) is 17.0 Å². The van der Waals surface area contributed by atoms with Gasteiger partial charge in [0.05, 0.1) is 30.5 Å². The molecule has 176 valence electrons. The fraction of sp³-hybridized carbons (Fsp3) is 0.318. The summed E-state index contributed by atoms with van der Waals surface area (Å²) in [5.41, 5.74) is -0.328. The third-order valence-corrected chi connectivity index (χ3v) is 5.46. The number of aromatic nitrogens is 4. The van der Waals surface area contributed by atoms with E-state index in [4.69, 9.17) is 10.00 Å². The van der Waals surface area contributed by atoms with E-state index in [9.17, 15) is 18.0 Å². The van der Waals surface area contributed by atoms with Gasteiger partial charge in [-0.3, -0.25) is 4.79 Å². The number of nitriles is 1. The summed E-state index contributed by atoms with van der Waals surface area (Å²) >= 11 is 0. The molecule has 1 aromatic carbocycles.